The molecule has 90 valence electrons. The van der Waals surface area contributed by atoms with Gasteiger partial charge in [0.15, 0.2) is 0 Å². The highest BCUT2D eigenvalue weighted by molar-refractivity contribution is 6.32. The summed E-state index contributed by atoms with van der Waals surface area (Å²) >= 11 is 11.3. The minimum atomic E-state index is -0.483. The molecule has 0 aliphatic rings. The summed E-state index contributed by atoms with van der Waals surface area (Å²) in [7, 11) is 0. The lowest BCUT2D eigenvalue weighted by atomic mass is 10.2. The van der Waals surface area contributed by atoms with E-state index in [1.54, 1.807) is 6.07 Å². The van der Waals surface area contributed by atoms with Crippen LogP contribution in [0.2, 0.25) is 5.02 Å². The quantitative estimate of drug-likeness (QED) is 0.838. The molecular weight excluding hydrogens is 264 g/mol. The van der Waals surface area contributed by atoms with Crippen LogP contribution in [0.15, 0.2) is 35.9 Å². The van der Waals surface area contributed by atoms with Gasteiger partial charge in [-0.25, -0.2) is 4.39 Å². The van der Waals surface area contributed by atoms with Crippen LogP contribution in [0.4, 0.5) is 4.39 Å². The van der Waals surface area contributed by atoms with Crippen LogP contribution >= 0.6 is 23.2 Å². The molecule has 0 bridgehead atoms. The standard InChI is InChI=1S/C12H10Cl2FNO/c1-8(13)7-16-12(17)6-5-9-10(14)3-2-4-11(9)15/h2-6H,1,7H2,(H,16,17)/b6-5+. The van der Waals surface area contributed by atoms with Crippen molar-refractivity contribution in [1.82, 2.24) is 5.32 Å². The molecule has 2 nitrogen and oxygen atoms in total. The SMILES string of the molecule is C=C(Cl)CNC(=O)/C=C/c1c(F)cccc1Cl. The van der Waals surface area contributed by atoms with E-state index < -0.39 is 11.7 Å². The van der Waals surface area contributed by atoms with Crippen molar-refractivity contribution in [2.75, 3.05) is 6.54 Å². The highest BCUT2D eigenvalue weighted by Gasteiger charge is 2.03. The molecule has 0 spiro atoms. The van der Waals surface area contributed by atoms with Gasteiger partial charge in [-0.2, -0.15) is 0 Å². The molecule has 0 unspecified atom stereocenters. The van der Waals surface area contributed by atoms with Gasteiger partial charge in [0.1, 0.15) is 5.82 Å². The van der Waals surface area contributed by atoms with Gasteiger partial charge in [-0.1, -0.05) is 35.8 Å². The molecule has 17 heavy (non-hydrogen) atoms. The summed E-state index contributed by atoms with van der Waals surface area (Å²) in [6.07, 6.45) is 2.49. The zero-order chi connectivity index (χ0) is 12.8. The third-order valence-electron chi connectivity index (χ3n) is 1.86. The largest absolute Gasteiger partial charge is 0.348 e. The zero-order valence-electron chi connectivity index (χ0n) is 8.84. The summed E-state index contributed by atoms with van der Waals surface area (Å²) in [5.41, 5.74) is 0.175. The van der Waals surface area contributed by atoms with E-state index in [1.165, 1.54) is 24.3 Å². The summed E-state index contributed by atoms with van der Waals surface area (Å²) in [4.78, 5) is 11.3. The van der Waals surface area contributed by atoms with Crippen LogP contribution < -0.4 is 5.32 Å². The number of benzene rings is 1. The maximum absolute atomic E-state index is 13.3. The van der Waals surface area contributed by atoms with Crippen molar-refractivity contribution < 1.29 is 9.18 Å². The van der Waals surface area contributed by atoms with E-state index in [2.05, 4.69) is 11.9 Å². The van der Waals surface area contributed by atoms with Crippen molar-refractivity contribution >= 4 is 35.2 Å². The van der Waals surface area contributed by atoms with Gasteiger partial charge >= 0.3 is 0 Å². The highest BCUT2D eigenvalue weighted by atomic mass is 35.5. The smallest absolute Gasteiger partial charge is 0.244 e. The molecule has 0 saturated heterocycles. The Morgan fingerprint density at radius 3 is 2.82 bits per heavy atom. The second kappa shape index (κ2) is 6.42. The Hall–Kier alpha value is -1.32. The lowest BCUT2D eigenvalue weighted by Crippen LogP contribution is -2.21. The van der Waals surface area contributed by atoms with Crippen molar-refractivity contribution in [3.63, 3.8) is 0 Å². The van der Waals surface area contributed by atoms with Crippen LogP contribution in [0.25, 0.3) is 6.08 Å². The maximum atomic E-state index is 13.3. The zero-order valence-corrected chi connectivity index (χ0v) is 10.4. The van der Waals surface area contributed by atoms with Crippen LogP contribution in [-0.2, 0) is 4.79 Å². The van der Waals surface area contributed by atoms with Gasteiger partial charge in [0.2, 0.25) is 5.91 Å². The van der Waals surface area contributed by atoms with E-state index in [9.17, 15) is 9.18 Å². The first kappa shape index (κ1) is 13.7. The summed E-state index contributed by atoms with van der Waals surface area (Å²) in [6, 6.07) is 4.31. The van der Waals surface area contributed by atoms with Gasteiger partial charge in [0, 0.05) is 16.7 Å². The van der Waals surface area contributed by atoms with Gasteiger partial charge in [0.05, 0.1) is 11.6 Å². The first-order valence-corrected chi connectivity index (χ1v) is 5.49. The summed E-state index contributed by atoms with van der Waals surface area (Å²) in [6.45, 7) is 3.58. The molecular formula is C12H10Cl2FNO. The summed E-state index contributed by atoms with van der Waals surface area (Å²) < 4.78 is 13.3. The third-order valence-corrected chi connectivity index (χ3v) is 2.32. The van der Waals surface area contributed by atoms with E-state index in [1.807, 2.05) is 0 Å². The molecule has 0 aliphatic carbocycles. The Kier molecular flexibility index (Phi) is 5.19. The predicted octanol–water partition coefficient (Wildman–Crippen LogP) is 3.36. The highest BCUT2D eigenvalue weighted by Crippen LogP contribution is 2.20. The van der Waals surface area contributed by atoms with Crippen LogP contribution in [0.3, 0.4) is 0 Å². The van der Waals surface area contributed by atoms with E-state index in [-0.39, 0.29) is 17.1 Å². The van der Waals surface area contributed by atoms with Crippen molar-refractivity contribution in [3.8, 4) is 0 Å². The normalized spacial score (nSPS) is 10.5. The molecule has 0 heterocycles. The van der Waals surface area contributed by atoms with E-state index >= 15 is 0 Å². The molecule has 1 amide bonds. The van der Waals surface area contributed by atoms with E-state index in [4.69, 9.17) is 23.2 Å². The summed E-state index contributed by atoms with van der Waals surface area (Å²) in [5, 5.41) is 3.03. The number of carbonyl (C=O) groups excluding carboxylic acids is 1. The third kappa shape index (κ3) is 4.59. The molecule has 0 saturated carbocycles. The molecule has 0 aromatic heterocycles. The van der Waals surface area contributed by atoms with Gasteiger partial charge in [-0.15, -0.1) is 0 Å². The lowest BCUT2D eigenvalue weighted by molar-refractivity contribution is -0.116. The molecule has 1 N–H and O–H groups in total. The molecule has 0 atom stereocenters. The second-order valence-corrected chi connectivity index (χ2v) is 4.15. The van der Waals surface area contributed by atoms with Gasteiger partial charge in [-0.05, 0) is 18.2 Å². The molecule has 1 aromatic carbocycles. The second-order valence-electron chi connectivity index (χ2n) is 3.20. The number of hydrogen-bond acceptors (Lipinski definition) is 1. The lowest BCUT2D eigenvalue weighted by Gasteiger charge is -2.01. The molecule has 0 fully saturated rings. The number of halogens is 3. The van der Waals surface area contributed by atoms with Gasteiger partial charge < -0.3 is 5.32 Å². The van der Waals surface area contributed by atoms with E-state index in [0.29, 0.717) is 5.03 Å². The molecule has 0 radical (unpaired) electrons. The van der Waals surface area contributed by atoms with Crippen LogP contribution in [0.1, 0.15) is 5.56 Å². The Bertz CT molecular complexity index is 451. The number of nitrogens with one attached hydrogen (secondary N) is 1. The fourth-order valence-corrected chi connectivity index (χ4v) is 1.36. The number of hydrogen-bond donors (Lipinski definition) is 1. The molecule has 1 aromatic rings. The minimum absolute atomic E-state index is 0.162. The van der Waals surface area contributed by atoms with Gasteiger partial charge in [0.25, 0.3) is 0 Å². The first-order chi connectivity index (χ1) is 8.00. The topological polar surface area (TPSA) is 29.1 Å². The van der Waals surface area contributed by atoms with Gasteiger partial charge in [-0.3, -0.25) is 4.79 Å². The monoisotopic (exact) mass is 273 g/mol. The average molecular weight is 274 g/mol. The Morgan fingerprint density at radius 2 is 2.24 bits per heavy atom. The van der Waals surface area contributed by atoms with Crippen molar-refractivity contribution in [3.05, 3.63) is 52.3 Å². The maximum Gasteiger partial charge on any atom is 0.244 e. The molecule has 1 rings (SSSR count). The number of rotatable bonds is 4. The van der Waals surface area contributed by atoms with Crippen LogP contribution in [0.5, 0.6) is 0 Å². The fraction of sp³-hybridized carbons (Fsp3) is 0.0833. The van der Waals surface area contributed by atoms with Crippen molar-refractivity contribution in [2.24, 2.45) is 0 Å². The van der Waals surface area contributed by atoms with Crippen molar-refractivity contribution in [2.45, 2.75) is 0 Å². The Labute approximate surface area is 109 Å². The number of carbonyl (C=O) groups is 1. The minimum Gasteiger partial charge on any atom is -0.348 e. The van der Waals surface area contributed by atoms with E-state index in [0.717, 1.165) is 0 Å². The average Bonchev–Trinajstić information content (AvgIpc) is 2.25. The first-order valence-electron chi connectivity index (χ1n) is 4.74. The Morgan fingerprint density at radius 1 is 1.53 bits per heavy atom. The Balaban J connectivity index is 2.70. The molecule has 0 aliphatic heterocycles. The van der Waals surface area contributed by atoms with Crippen LogP contribution in [0, 0.1) is 5.82 Å². The fourth-order valence-electron chi connectivity index (χ4n) is 1.07. The number of amides is 1. The van der Waals surface area contributed by atoms with Crippen molar-refractivity contribution in [1.29, 1.82) is 0 Å². The predicted molar refractivity (Wildman–Crippen MR) is 68.4 cm³/mol. The summed E-state index contributed by atoms with van der Waals surface area (Å²) in [5.74, 6) is -0.880. The molecule has 5 heteroatoms. The van der Waals surface area contributed by atoms with Crippen LogP contribution in [-0.4, -0.2) is 12.5 Å².